The average Bonchev–Trinajstić information content (AvgIpc) is 2.54. The molecule has 5 heteroatoms. The number of likely N-dealkylation sites (tertiary alicyclic amines) is 1. The lowest BCUT2D eigenvalue weighted by Gasteiger charge is -2.58. The van der Waals surface area contributed by atoms with Crippen molar-refractivity contribution in [3.05, 3.63) is 34.5 Å². The van der Waals surface area contributed by atoms with Gasteiger partial charge in [-0.25, -0.2) is 0 Å². The number of nitrogens with zero attached hydrogens (tertiary/aromatic N) is 2. The molecule has 0 atom stereocenters. The van der Waals surface area contributed by atoms with E-state index in [1.54, 1.807) is 6.07 Å². The monoisotopic (exact) mass is 376 g/mol. The molecule has 2 aliphatic rings. The van der Waals surface area contributed by atoms with Gasteiger partial charge in [-0.2, -0.15) is 0 Å². The molecule has 142 valence electrons. The molecule has 0 amide bonds. The summed E-state index contributed by atoms with van der Waals surface area (Å²) >= 11 is 6.20. The summed E-state index contributed by atoms with van der Waals surface area (Å²) in [6, 6.07) is 3.63. The number of benzene rings is 1. The molecule has 3 rings (SSSR count). The van der Waals surface area contributed by atoms with Gasteiger partial charge >= 0.3 is 0 Å². The van der Waals surface area contributed by atoms with Crippen molar-refractivity contribution in [2.45, 2.75) is 38.7 Å². The average molecular weight is 377 g/mol. The van der Waals surface area contributed by atoms with E-state index >= 15 is 0 Å². The Morgan fingerprint density at radius 3 is 2.65 bits per heavy atom. The van der Waals surface area contributed by atoms with Crippen LogP contribution < -0.4 is 4.74 Å². The summed E-state index contributed by atoms with van der Waals surface area (Å²) in [7, 11) is 3.89. The number of hydrogen-bond acceptors (Lipinski definition) is 4. The predicted molar refractivity (Wildman–Crippen MR) is 107 cm³/mol. The third-order valence-electron chi connectivity index (χ3n) is 5.41. The fraction of sp³-hybridized carbons (Fsp3) is 0.571. The molecular weight excluding hydrogens is 348 g/mol. The minimum absolute atomic E-state index is 0.232. The van der Waals surface area contributed by atoms with Crippen molar-refractivity contribution >= 4 is 24.0 Å². The van der Waals surface area contributed by atoms with Gasteiger partial charge in [-0.3, -0.25) is 4.79 Å². The van der Waals surface area contributed by atoms with Crippen molar-refractivity contribution in [2.24, 2.45) is 5.41 Å². The van der Waals surface area contributed by atoms with Crippen molar-refractivity contribution in [2.75, 3.05) is 33.7 Å². The normalized spacial score (nSPS) is 19.4. The fourth-order valence-electron chi connectivity index (χ4n) is 4.08. The Balaban J connectivity index is 1.63. The molecule has 1 saturated heterocycles. The molecule has 1 aromatic rings. The van der Waals surface area contributed by atoms with Crippen LogP contribution in [0.2, 0.25) is 5.02 Å². The van der Waals surface area contributed by atoms with Gasteiger partial charge in [0.1, 0.15) is 5.75 Å². The van der Waals surface area contributed by atoms with Crippen molar-refractivity contribution < 1.29 is 9.53 Å². The first-order valence-electron chi connectivity index (χ1n) is 9.48. The van der Waals surface area contributed by atoms with Crippen molar-refractivity contribution in [3.8, 4) is 5.75 Å². The van der Waals surface area contributed by atoms with Gasteiger partial charge in [0, 0.05) is 43.7 Å². The first-order chi connectivity index (χ1) is 12.5. The Hall–Kier alpha value is -1.52. The topological polar surface area (TPSA) is 32.8 Å². The zero-order chi connectivity index (χ0) is 18.7. The highest BCUT2D eigenvalue weighted by Gasteiger charge is 2.53. The molecule has 0 N–H and O–H groups in total. The van der Waals surface area contributed by atoms with E-state index in [1.807, 2.05) is 37.3 Å². The van der Waals surface area contributed by atoms with Crippen molar-refractivity contribution in [1.29, 1.82) is 0 Å². The summed E-state index contributed by atoms with van der Waals surface area (Å²) in [6.07, 6.45) is 9.60. The van der Waals surface area contributed by atoms with Gasteiger partial charge in [-0.15, -0.1) is 0 Å². The Labute approximate surface area is 161 Å². The minimum atomic E-state index is 0.232. The quantitative estimate of drug-likeness (QED) is 0.632. The molecule has 0 radical (unpaired) electrons. The number of aldehydes is 1. The molecule has 2 fully saturated rings. The lowest BCUT2D eigenvalue weighted by molar-refractivity contribution is -0.119. The summed E-state index contributed by atoms with van der Waals surface area (Å²) < 4.78 is 6.25. The molecule has 1 heterocycles. The zero-order valence-corrected chi connectivity index (χ0v) is 16.8. The van der Waals surface area contributed by atoms with Crippen LogP contribution in [-0.4, -0.2) is 55.9 Å². The Morgan fingerprint density at radius 1 is 1.31 bits per heavy atom. The van der Waals surface area contributed by atoms with Crippen LogP contribution in [0.5, 0.6) is 5.75 Å². The van der Waals surface area contributed by atoms with Crippen LogP contribution in [0.1, 0.15) is 48.5 Å². The zero-order valence-electron chi connectivity index (χ0n) is 16.0. The smallest absolute Gasteiger partial charge is 0.152 e. The van der Waals surface area contributed by atoms with E-state index < -0.39 is 0 Å². The molecule has 26 heavy (non-hydrogen) atoms. The number of ether oxygens (including phenoxy) is 1. The highest BCUT2D eigenvalue weighted by molar-refractivity contribution is 6.33. The van der Waals surface area contributed by atoms with Gasteiger partial charge in [-0.1, -0.05) is 24.9 Å². The van der Waals surface area contributed by atoms with Gasteiger partial charge in [0.25, 0.3) is 0 Å². The van der Waals surface area contributed by atoms with E-state index in [4.69, 9.17) is 16.3 Å². The molecule has 0 unspecified atom stereocenters. The second-order valence-electron chi connectivity index (χ2n) is 7.98. The van der Waals surface area contributed by atoms with Crippen LogP contribution in [0.15, 0.2) is 18.3 Å². The van der Waals surface area contributed by atoms with Crippen LogP contribution in [0.25, 0.3) is 6.08 Å². The van der Waals surface area contributed by atoms with Crippen molar-refractivity contribution in [1.82, 2.24) is 9.80 Å². The molecule has 1 aliphatic carbocycles. The van der Waals surface area contributed by atoms with Crippen LogP contribution in [-0.2, 0) is 0 Å². The Bertz CT molecular complexity index is 673. The number of rotatable bonds is 8. The maximum absolute atomic E-state index is 11.5. The first-order valence-corrected chi connectivity index (χ1v) is 9.85. The summed E-state index contributed by atoms with van der Waals surface area (Å²) in [5.74, 6) is 0.747. The third kappa shape index (κ3) is 4.07. The SMILES string of the molecule is CCCCN1CC2(CC(Oc3ccc(Cl)c(C=O)c3/C=C\N(C)C)C2)C1. The minimum Gasteiger partial charge on any atom is -0.490 e. The highest BCUT2D eigenvalue weighted by atomic mass is 35.5. The summed E-state index contributed by atoms with van der Waals surface area (Å²) in [5, 5.41) is 0.460. The van der Waals surface area contributed by atoms with E-state index in [9.17, 15) is 4.79 Å². The van der Waals surface area contributed by atoms with Crippen LogP contribution in [0.3, 0.4) is 0 Å². The standard InChI is InChI=1S/C21H29ClN2O2/c1-4-5-9-24-14-21(15-24)11-16(12-21)26-20-7-6-19(22)18(13-25)17(20)8-10-23(2)3/h6-8,10,13,16H,4-5,9,11-12,14-15H2,1-3H3/b10-8-. The van der Waals surface area contributed by atoms with E-state index in [0.717, 1.165) is 30.4 Å². The lowest BCUT2D eigenvalue weighted by Crippen LogP contribution is -2.64. The van der Waals surface area contributed by atoms with Gasteiger partial charge in [-0.05, 0) is 50.2 Å². The number of carbonyl (C=O) groups is 1. The lowest BCUT2D eigenvalue weighted by atomic mass is 9.61. The summed E-state index contributed by atoms with van der Waals surface area (Å²) in [6.45, 7) is 5.88. The number of unbranched alkanes of at least 4 members (excludes halogenated alkanes) is 1. The molecule has 0 bridgehead atoms. The Morgan fingerprint density at radius 2 is 2.04 bits per heavy atom. The largest absolute Gasteiger partial charge is 0.490 e. The highest BCUT2D eigenvalue weighted by Crippen LogP contribution is 2.50. The molecule has 1 saturated carbocycles. The van der Waals surface area contributed by atoms with E-state index in [1.165, 1.54) is 32.5 Å². The predicted octanol–water partition coefficient (Wildman–Crippen LogP) is 4.33. The number of carbonyl (C=O) groups excluding carboxylic acids is 1. The van der Waals surface area contributed by atoms with Crippen LogP contribution in [0, 0.1) is 5.41 Å². The third-order valence-corrected chi connectivity index (χ3v) is 5.74. The first kappa shape index (κ1) is 19.2. The second-order valence-corrected chi connectivity index (χ2v) is 8.39. The van der Waals surface area contributed by atoms with Gasteiger partial charge in [0.15, 0.2) is 6.29 Å². The molecule has 1 aromatic carbocycles. The maximum Gasteiger partial charge on any atom is 0.152 e. The van der Waals surface area contributed by atoms with E-state index in [-0.39, 0.29) is 6.10 Å². The molecule has 1 spiro atoms. The van der Waals surface area contributed by atoms with Gasteiger partial charge < -0.3 is 14.5 Å². The number of hydrogen-bond donors (Lipinski definition) is 0. The molecule has 4 nitrogen and oxygen atoms in total. The molecular formula is C21H29ClN2O2. The maximum atomic E-state index is 11.5. The van der Waals surface area contributed by atoms with Gasteiger partial charge in [0.05, 0.1) is 11.1 Å². The fourth-order valence-corrected chi connectivity index (χ4v) is 4.29. The summed E-state index contributed by atoms with van der Waals surface area (Å²) in [4.78, 5) is 16.0. The molecule has 0 aromatic heterocycles. The van der Waals surface area contributed by atoms with E-state index in [0.29, 0.717) is 16.0 Å². The molecule has 1 aliphatic heterocycles. The number of halogens is 1. The second kappa shape index (κ2) is 8.01. The van der Waals surface area contributed by atoms with Crippen LogP contribution >= 0.6 is 11.6 Å². The van der Waals surface area contributed by atoms with E-state index in [2.05, 4.69) is 11.8 Å². The van der Waals surface area contributed by atoms with Crippen molar-refractivity contribution in [3.63, 3.8) is 0 Å². The van der Waals surface area contributed by atoms with Gasteiger partial charge in [0.2, 0.25) is 0 Å². The summed E-state index contributed by atoms with van der Waals surface area (Å²) in [5.41, 5.74) is 1.73. The Kier molecular flexibility index (Phi) is 5.93. The van der Waals surface area contributed by atoms with Crippen LogP contribution in [0.4, 0.5) is 0 Å².